The Morgan fingerprint density at radius 1 is 1.15 bits per heavy atom. The lowest BCUT2D eigenvalue weighted by atomic mass is 9.96. The molecule has 1 aliphatic carbocycles. The average molecular weight is 374 g/mol. The molecule has 0 aliphatic heterocycles. The second-order valence-corrected chi connectivity index (χ2v) is 7.80. The van der Waals surface area contributed by atoms with Gasteiger partial charge >= 0.3 is 0 Å². The van der Waals surface area contributed by atoms with Gasteiger partial charge in [-0.25, -0.2) is 0 Å². The maximum absolute atomic E-state index is 12.3. The maximum atomic E-state index is 12.3. The molecule has 1 saturated carbocycles. The number of carbonyl (C=O) groups excluding carboxylic acids is 1. The van der Waals surface area contributed by atoms with Crippen LogP contribution in [0.5, 0.6) is 0 Å². The van der Waals surface area contributed by atoms with Crippen molar-refractivity contribution in [3.05, 3.63) is 42.0 Å². The molecule has 1 atom stereocenters. The molecule has 26 heavy (non-hydrogen) atoms. The predicted octanol–water partition coefficient (Wildman–Crippen LogP) is 3.99. The molecule has 1 amide bonds. The summed E-state index contributed by atoms with van der Waals surface area (Å²) in [5, 5.41) is 10.3. The maximum Gasteiger partial charge on any atom is 0.245 e. The Kier molecular flexibility index (Phi) is 8.62. The second kappa shape index (κ2) is 11.0. The lowest BCUT2D eigenvalue weighted by Crippen LogP contribution is -2.53. The summed E-state index contributed by atoms with van der Waals surface area (Å²) < 4.78 is 0. The highest BCUT2D eigenvalue weighted by Gasteiger charge is 2.17. The fraction of sp³-hybridized carbons (Fsp3) is 0.524. The van der Waals surface area contributed by atoms with Gasteiger partial charge in [0.2, 0.25) is 5.91 Å². The Hall–Kier alpha value is -1.88. The molecule has 1 aromatic rings. The van der Waals surface area contributed by atoms with Gasteiger partial charge in [-0.05, 0) is 49.0 Å². The predicted molar refractivity (Wildman–Crippen MR) is 113 cm³/mol. The standard InChI is InChI=1S/C21H31N3OS/c1-16(2)15-19(24-21(26)22-18-11-7-4-8-12-18)23-20(25)14-13-17-9-5-3-6-10-17/h3,5-6,9-10,13-14,16,18-19H,4,7-8,11-12,15H2,1-2H3,(H,23,25)(H2,22,24,26). The van der Waals surface area contributed by atoms with Crippen LogP contribution in [0.1, 0.15) is 57.9 Å². The van der Waals surface area contributed by atoms with E-state index in [1.807, 2.05) is 36.4 Å². The van der Waals surface area contributed by atoms with Crippen LogP contribution in [-0.4, -0.2) is 23.2 Å². The van der Waals surface area contributed by atoms with Crippen molar-refractivity contribution in [1.82, 2.24) is 16.0 Å². The number of hydrogen-bond donors (Lipinski definition) is 3. The summed E-state index contributed by atoms with van der Waals surface area (Å²) in [4.78, 5) is 12.3. The Morgan fingerprint density at radius 3 is 2.50 bits per heavy atom. The number of thiocarbonyl (C=S) groups is 1. The van der Waals surface area contributed by atoms with Crippen LogP contribution in [0, 0.1) is 5.92 Å². The van der Waals surface area contributed by atoms with Gasteiger partial charge in [0.25, 0.3) is 0 Å². The minimum absolute atomic E-state index is 0.118. The minimum atomic E-state index is -0.175. The van der Waals surface area contributed by atoms with Crippen molar-refractivity contribution >= 4 is 29.3 Å². The molecular weight excluding hydrogens is 342 g/mol. The normalized spacial score (nSPS) is 16.4. The van der Waals surface area contributed by atoms with Crippen molar-refractivity contribution in [2.24, 2.45) is 5.92 Å². The van der Waals surface area contributed by atoms with Crippen LogP contribution >= 0.6 is 12.2 Å². The van der Waals surface area contributed by atoms with Crippen molar-refractivity contribution < 1.29 is 4.79 Å². The number of rotatable bonds is 7. The van der Waals surface area contributed by atoms with Crippen molar-refractivity contribution in [2.45, 2.75) is 64.6 Å². The molecule has 1 aliphatic rings. The number of carbonyl (C=O) groups is 1. The quantitative estimate of drug-likeness (QED) is 0.384. The van der Waals surface area contributed by atoms with Gasteiger partial charge in [-0.1, -0.05) is 63.4 Å². The first-order valence-corrected chi connectivity index (χ1v) is 10.0. The summed E-state index contributed by atoms with van der Waals surface area (Å²) >= 11 is 5.47. The van der Waals surface area contributed by atoms with Crippen LogP contribution in [-0.2, 0) is 4.79 Å². The molecule has 0 spiro atoms. The summed E-state index contributed by atoms with van der Waals surface area (Å²) in [6.45, 7) is 4.27. The summed E-state index contributed by atoms with van der Waals surface area (Å²) in [5.41, 5.74) is 1.01. The Bertz CT molecular complexity index is 595. The molecule has 0 radical (unpaired) electrons. The number of nitrogens with one attached hydrogen (secondary N) is 3. The Balaban J connectivity index is 1.85. The van der Waals surface area contributed by atoms with Gasteiger partial charge in [0.15, 0.2) is 5.11 Å². The smallest absolute Gasteiger partial charge is 0.245 e. The van der Waals surface area contributed by atoms with E-state index in [0.717, 1.165) is 12.0 Å². The highest BCUT2D eigenvalue weighted by Crippen LogP contribution is 2.17. The van der Waals surface area contributed by atoms with Gasteiger partial charge in [-0.2, -0.15) is 0 Å². The van der Waals surface area contributed by atoms with Crippen molar-refractivity contribution in [2.75, 3.05) is 0 Å². The zero-order valence-electron chi connectivity index (χ0n) is 15.8. The molecule has 0 heterocycles. The first-order valence-electron chi connectivity index (χ1n) is 9.63. The van der Waals surface area contributed by atoms with E-state index in [0.29, 0.717) is 17.1 Å². The highest BCUT2D eigenvalue weighted by atomic mass is 32.1. The first-order chi connectivity index (χ1) is 12.5. The third kappa shape index (κ3) is 8.00. The minimum Gasteiger partial charge on any atom is -0.360 e. The molecular formula is C21H31N3OS. The molecule has 1 unspecified atom stereocenters. The van der Waals surface area contributed by atoms with Crippen LogP contribution in [0.15, 0.2) is 36.4 Å². The second-order valence-electron chi connectivity index (χ2n) is 7.39. The number of benzene rings is 1. The molecule has 1 aromatic carbocycles. The van der Waals surface area contributed by atoms with Crippen molar-refractivity contribution in [3.8, 4) is 0 Å². The lowest BCUT2D eigenvalue weighted by Gasteiger charge is -2.28. The van der Waals surface area contributed by atoms with Gasteiger partial charge in [0, 0.05) is 12.1 Å². The van der Waals surface area contributed by atoms with E-state index < -0.39 is 0 Å². The summed E-state index contributed by atoms with van der Waals surface area (Å²) in [6, 6.07) is 10.3. The van der Waals surface area contributed by atoms with E-state index in [9.17, 15) is 4.79 Å². The Labute approximate surface area is 162 Å². The molecule has 2 rings (SSSR count). The SMILES string of the molecule is CC(C)CC(NC(=O)C=Cc1ccccc1)NC(=S)NC1CCCCC1. The zero-order chi connectivity index (χ0) is 18.8. The highest BCUT2D eigenvalue weighted by molar-refractivity contribution is 7.80. The molecule has 1 fully saturated rings. The molecule has 5 heteroatoms. The van der Waals surface area contributed by atoms with E-state index in [-0.39, 0.29) is 12.1 Å². The zero-order valence-corrected chi connectivity index (χ0v) is 16.6. The lowest BCUT2D eigenvalue weighted by molar-refractivity contribution is -0.117. The molecule has 0 saturated heterocycles. The largest absolute Gasteiger partial charge is 0.360 e. The third-order valence-electron chi connectivity index (χ3n) is 4.50. The molecule has 0 bridgehead atoms. The van der Waals surface area contributed by atoms with Gasteiger partial charge in [-0.15, -0.1) is 0 Å². The van der Waals surface area contributed by atoms with Gasteiger partial charge < -0.3 is 16.0 Å². The molecule has 3 N–H and O–H groups in total. The van der Waals surface area contributed by atoms with Crippen molar-refractivity contribution in [3.63, 3.8) is 0 Å². The molecule has 0 aromatic heterocycles. The number of hydrogen-bond acceptors (Lipinski definition) is 2. The van der Waals surface area contributed by atoms with Gasteiger partial charge in [0.1, 0.15) is 6.17 Å². The van der Waals surface area contributed by atoms with Gasteiger partial charge in [-0.3, -0.25) is 4.79 Å². The monoisotopic (exact) mass is 373 g/mol. The fourth-order valence-electron chi connectivity index (χ4n) is 3.21. The van der Waals surface area contributed by atoms with E-state index in [2.05, 4.69) is 29.8 Å². The van der Waals surface area contributed by atoms with Crippen LogP contribution in [0.2, 0.25) is 0 Å². The topological polar surface area (TPSA) is 53.2 Å². The van der Waals surface area contributed by atoms with E-state index >= 15 is 0 Å². The van der Waals surface area contributed by atoms with Crippen LogP contribution < -0.4 is 16.0 Å². The summed E-state index contributed by atoms with van der Waals surface area (Å²) in [5.74, 6) is 0.329. The third-order valence-corrected chi connectivity index (χ3v) is 4.73. The number of amides is 1. The molecule has 142 valence electrons. The fourth-order valence-corrected chi connectivity index (χ4v) is 3.52. The van der Waals surface area contributed by atoms with Crippen molar-refractivity contribution in [1.29, 1.82) is 0 Å². The van der Waals surface area contributed by atoms with E-state index in [1.54, 1.807) is 6.08 Å². The van der Waals surface area contributed by atoms with E-state index in [4.69, 9.17) is 12.2 Å². The summed E-state index contributed by atoms with van der Waals surface area (Å²) in [7, 11) is 0. The Morgan fingerprint density at radius 2 is 1.85 bits per heavy atom. The average Bonchev–Trinajstić information content (AvgIpc) is 2.61. The first kappa shape index (κ1) is 20.4. The van der Waals surface area contributed by atoms with Crippen LogP contribution in [0.25, 0.3) is 6.08 Å². The van der Waals surface area contributed by atoms with Crippen LogP contribution in [0.4, 0.5) is 0 Å². The van der Waals surface area contributed by atoms with Crippen LogP contribution in [0.3, 0.4) is 0 Å². The molecule has 4 nitrogen and oxygen atoms in total. The summed E-state index contributed by atoms with van der Waals surface area (Å²) in [6.07, 6.45) is 10.2. The van der Waals surface area contributed by atoms with E-state index in [1.165, 1.54) is 32.1 Å². The van der Waals surface area contributed by atoms with Gasteiger partial charge in [0.05, 0.1) is 0 Å².